The normalized spacial score (nSPS) is 13.7. The van der Waals surface area contributed by atoms with E-state index < -0.39 is 21.7 Å². The van der Waals surface area contributed by atoms with Crippen LogP contribution >= 0.6 is 11.6 Å². The van der Waals surface area contributed by atoms with Crippen molar-refractivity contribution in [2.75, 3.05) is 6.54 Å². The van der Waals surface area contributed by atoms with E-state index in [2.05, 4.69) is 9.71 Å². The molecular weight excluding hydrogens is 292 g/mol. The van der Waals surface area contributed by atoms with Crippen molar-refractivity contribution in [3.05, 3.63) is 27.6 Å². The number of hydrogen-bond donors (Lipinski definition) is 3. The smallest absolute Gasteiger partial charge is 0.266 e. The predicted molar refractivity (Wildman–Crippen MR) is 72.7 cm³/mol. The molecular formula is C11H17ClN2O4S. The van der Waals surface area contributed by atoms with Crippen molar-refractivity contribution in [2.45, 2.75) is 31.3 Å². The zero-order valence-corrected chi connectivity index (χ0v) is 12.3. The molecule has 0 aliphatic heterocycles. The van der Waals surface area contributed by atoms with Crippen LogP contribution in [0.25, 0.3) is 0 Å². The maximum Gasteiger partial charge on any atom is 0.266 e. The Hall–Kier alpha value is -0.890. The number of nitrogens with one attached hydrogen (secondary N) is 2. The minimum absolute atomic E-state index is 0.0861. The van der Waals surface area contributed by atoms with Crippen molar-refractivity contribution >= 4 is 21.6 Å². The maximum absolute atomic E-state index is 11.9. The van der Waals surface area contributed by atoms with Gasteiger partial charge in [-0.1, -0.05) is 25.4 Å². The summed E-state index contributed by atoms with van der Waals surface area (Å²) in [4.78, 5) is 13.1. The molecule has 6 nitrogen and oxygen atoms in total. The van der Waals surface area contributed by atoms with E-state index in [-0.39, 0.29) is 22.4 Å². The van der Waals surface area contributed by atoms with Crippen molar-refractivity contribution in [3.8, 4) is 0 Å². The number of pyridine rings is 1. The van der Waals surface area contributed by atoms with Gasteiger partial charge in [-0.2, -0.15) is 0 Å². The maximum atomic E-state index is 11.9. The fourth-order valence-corrected chi connectivity index (χ4v) is 2.81. The number of rotatable bonds is 6. The van der Waals surface area contributed by atoms with Gasteiger partial charge < -0.3 is 10.1 Å². The van der Waals surface area contributed by atoms with Gasteiger partial charge in [-0.05, 0) is 18.4 Å². The molecule has 19 heavy (non-hydrogen) atoms. The van der Waals surface area contributed by atoms with Gasteiger partial charge in [0.1, 0.15) is 5.02 Å². The molecule has 0 aliphatic carbocycles. The van der Waals surface area contributed by atoms with E-state index >= 15 is 0 Å². The molecule has 1 atom stereocenters. The minimum Gasteiger partial charge on any atom is -0.392 e. The highest BCUT2D eigenvalue weighted by atomic mass is 35.5. The molecule has 0 aromatic carbocycles. The van der Waals surface area contributed by atoms with Gasteiger partial charge in [0.25, 0.3) is 5.56 Å². The predicted octanol–water partition coefficient (Wildman–Crippen LogP) is 0.714. The summed E-state index contributed by atoms with van der Waals surface area (Å²) in [6, 6.07) is 1.07. The number of hydrogen-bond acceptors (Lipinski definition) is 4. The topological polar surface area (TPSA) is 99.3 Å². The highest BCUT2D eigenvalue weighted by Crippen LogP contribution is 2.11. The molecule has 1 heterocycles. The molecule has 0 fully saturated rings. The molecule has 1 unspecified atom stereocenters. The number of halogens is 1. The molecule has 0 aliphatic rings. The molecule has 0 bridgehead atoms. The number of aliphatic hydroxyl groups excluding tert-OH is 1. The molecule has 8 heteroatoms. The highest BCUT2D eigenvalue weighted by molar-refractivity contribution is 7.89. The molecule has 1 rings (SSSR count). The quantitative estimate of drug-likeness (QED) is 0.721. The Balaban J connectivity index is 2.76. The Morgan fingerprint density at radius 2 is 2.11 bits per heavy atom. The fraction of sp³-hybridized carbons (Fsp3) is 0.545. The molecule has 0 spiro atoms. The summed E-state index contributed by atoms with van der Waals surface area (Å²) >= 11 is 5.57. The van der Waals surface area contributed by atoms with E-state index in [9.17, 15) is 18.3 Å². The van der Waals surface area contributed by atoms with E-state index in [4.69, 9.17) is 11.6 Å². The Morgan fingerprint density at radius 3 is 2.63 bits per heavy atom. The number of sulfonamides is 1. The van der Waals surface area contributed by atoms with Gasteiger partial charge in [-0.15, -0.1) is 0 Å². The first-order chi connectivity index (χ1) is 8.72. The van der Waals surface area contributed by atoms with Gasteiger partial charge in [0, 0.05) is 12.7 Å². The monoisotopic (exact) mass is 308 g/mol. The third-order valence-electron chi connectivity index (χ3n) is 2.39. The Kier molecular flexibility index (Phi) is 5.54. The van der Waals surface area contributed by atoms with Crippen LogP contribution in [0.4, 0.5) is 0 Å². The zero-order chi connectivity index (χ0) is 14.6. The third-order valence-corrected chi connectivity index (χ3v) is 4.08. The first-order valence-electron chi connectivity index (χ1n) is 5.78. The molecule has 0 radical (unpaired) electrons. The average Bonchev–Trinajstić information content (AvgIpc) is 2.29. The molecule has 0 amide bonds. The van der Waals surface area contributed by atoms with E-state index in [1.54, 1.807) is 0 Å². The van der Waals surface area contributed by atoms with Crippen LogP contribution < -0.4 is 10.3 Å². The fourth-order valence-electron chi connectivity index (χ4n) is 1.51. The van der Waals surface area contributed by atoms with E-state index in [0.29, 0.717) is 6.42 Å². The van der Waals surface area contributed by atoms with Crippen molar-refractivity contribution in [1.29, 1.82) is 0 Å². The third kappa shape index (κ3) is 4.94. The average molecular weight is 309 g/mol. The second-order valence-corrected chi connectivity index (χ2v) is 6.82. The molecule has 0 saturated heterocycles. The van der Waals surface area contributed by atoms with Crippen molar-refractivity contribution in [3.63, 3.8) is 0 Å². The summed E-state index contributed by atoms with van der Waals surface area (Å²) in [5.74, 6) is 0.266. The highest BCUT2D eigenvalue weighted by Gasteiger charge is 2.17. The molecule has 3 N–H and O–H groups in total. The summed E-state index contributed by atoms with van der Waals surface area (Å²) < 4.78 is 26.0. The Bertz CT molecular complexity index is 583. The lowest BCUT2D eigenvalue weighted by Crippen LogP contribution is -2.33. The Labute approximate surface area is 116 Å². The van der Waals surface area contributed by atoms with Gasteiger partial charge in [0.2, 0.25) is 10.0 Å². The van der Waals surface area contributed by atoms with Crippen molar-refractivity contribution in [2.24, 2.45) is 5.92 Å². The van der Waals surface area contributed by atoms with Crippen LogP contribution in [0.2, 0.25) is 5.02 Å². The van der Waals surface area contributed by atoms with Crippen LogP contribution in [0.15, 0.2) is 22.0 Å². The van der Waals surface area contributed by atoms with Crippen molar-refractivity contribution < 1.29 is 13.5 Å². The number of aromatic amines is 1. The lowest BCUT2D eigenvalue weighted by molar-refractivity contribution is 0.152. The van der Waals surface area contributed by atoms with Crippen LogP contribution in [0.5, 0.6) is 0 Å². The van der Waals surface area contributed by atoms with Gasteiger partial charge in [-0.25, -0.2) is 13.1 Å². The van der Waals surface area contributed by atoms with Crippen LogP contribution in [0.3, 0.4) is 0 Å². The van der Waals surface area contributed by atoms with Gasteiger partial charge in [0.15, 0.2) is 0 Å². The minimum atomic E-state index is -3.79. The first kappa shape index (κ1) is 16.2. The molecule has 0 saturated carbocycles. The zero-order valence-electron chi connectivity index (χ0n) is 10.7. The number of aromatic nitrogens is 1. The SMILES string of the molecule is CC(C)CC(O)CNS(=O)(=O)c1c[nH]c(=O)c(Cl)c1. The summed E-state index contributed by atoms with van der Waals surface area (Å²) in [6.07, 6.45) is 0.799. The second kappa shape index (κ2) is 6.51. The molecule has 1 aromatic rings. The lowest BCUT2D eigenvalue weighted by atomic mass is 10.1. The van der Waals surface area contributed by atoms with Crippen molar-refractivity contribution in [1.82, 2.24) is 9.71 Å². The Morgan fingerprint density at radius 1 is 1.47 bits per heavy atom. The second-order valence-electron chi connectivity index (χ2n) is 4.65. The van der Waals surface area contributed by atoms with E-state index in [0.717, 1.165) is 12.3 Å². The van der Waals surface area contributed by atoms with Crippen LogP contribution in [0.1, 0.15) is 20.3 Å². The largest absolute Gasteiger partial charge is 0.392 e. The number of H-pyrrole nitrogens is 1. The summed E-state index contributed by atoms with van der Waals surface area (Å²) in [5, 5.41) is 9.41. The molecule has 1 aromatic heterocycles. The van der Waals surface area contributed by atoms with Gasteiger partial charge in [-0.3, -0.25) is 4.79 Å². The lowest BCUT2D eigenvalue weighted by Gasteiger charge is -2.14. The molecule has 108 valence electrons. The number of aliphatic hydroxyl groups is 1. The van der Waals surface area contributed by atoms with Crippen LogP contribution in [-0.4, -0.2) is 31.2 Å². The summed E-state index contributed by atoms with van der Waals surface area (Å²) in [5.41, 5.74) is -0.555. The summed E-state index contributed by atoms with van der Waals surface area (Å²) in [7, 11) is -3.79. The first-order valence-corrected chi connectivity index (χ1v) is 7.64. The van der Waals surface area contributed by atoms with E-state index in [1.807, 2.05) is 13.8 Å². The van der Waals surface area contributed by atoms with E-state index in [1.165, 1.54) is 0 Å². The van der Waals surface area contributed by atoms with Crippen LogP contribution in [0, 0.1) is 5.92 Å². The summed E-state index contributed by atoms with van der Waals surface area (Å²) in [6.45, 7) is 3.77. The van der Waals surface area contributed by atoms with Crippen LogP contribution in [-0.2, 0) is 10.0 Å². The van der Waals surface area contributed by atoms with Gasteiger partial charge >= 0.3 is 0 Å². The van der Waals surface area contributed by atoms with Gasteiger partial charge in [0.05, 0.1) is 11.0 Å². The standard InChI is InChI=1S/C11H17ClN2O4S/c1-7(2)3-8(15)5-14-19(17,18)9-4-10(12)11(16)13-6-9/h4,6-8,14-15H,3,5H2,1-2H3,(H,13,16).